The highest BCUT2D eigenvalue weighted by Gasteiger charge is 2.31. The standard InChI is InChI=1S/C10H22N2/c1-3-9(5-11)6-12-7-10-4-8(10)2/h8-10,12H,3-7,11H2,1-2H3. The predicted octanol–water partition coefficient (Wildman–Crippen LogP) is 1.22. The molecule has 0 heterocycles. The molecule has 0 aromatic carbocycles. The molecule has 1 rings (SSSR count). The van der Waals surface area contributed by atoms with Crippen LogP contribution in [-0.2, 0) is 0 Å². The van der Waals surface area contributed by atoms with E-state index in [0.717, 1.165) is 24.9 Å². The lowest BCUT2D eigenvalue weighted by atomic mass is 10.1. The van der Waals surface area contributed by atoms with Crippen LogP contribution in [0.3, 0.4) is 0 Å². The Balaban J connectivity index is 1.93. The smallest absolute Gasteiger partial charge is 0.000844 e. The van der Waals surface area contributed by atoms with E-state index in [4.69, 9.17) is 5.73 Å². The molecule has 0 saturated heterocycles. The van der Waals surface area contributed by atoms with E-state index in [1.807, 2.05) is 0 Å². The van der Waals surface area contributed by atoms with Gasteiger partial charge in [0.1, 0.15) is 0 Å². The molecule has 0 amide bonds. The molecule has 3 unspecified atom stereocenters. The number of nitrogens with two attached hydrogens (primary N) is 1. The van der Waals surface area contributed by atoms with E-state index in [9.17, 15) is 0 Å². The van der Waals surface area contributed by atoms with Crippen LogP contribution in [0.25, 0.3) is 0 Å². The fourth-order valence-corrected chi connectivity index (χ4v) is 1.55. The second-order valence-electron chi connectivity index (χ2n) is 4.14. The maximum atomic E-state index is 5.60. The van der Waals surface area contributed by atoms with Gasteiger partial charge in [-0.25, -0.2) is 0 Å². The van der Waals surface area contributed by atoms with Gasteiger partial charge >= 0.3 is 0 Å². The van der Waals surface area contributed by atoms with Crippen LogP contribution < -0.4 is 11.1 Å². The summed E-state index contributed by atoms with van der Waals surface area (Å²) in [6, 6.07) is 0. The van der Waals surface area contributed by atoms with Gasteiger partial charge in [0.2, 0.25) is 0 Å². The fourth-order valence-electron chi connectivity index (χ4n) is 1.55. The highest BCUT2D eigenvalue weighted by atomic mass is 14.9. The molecule has 0 aliphatic heterocycles. The number of nitrogens with one attached hydrogen (secondary N) is 1. The summed E-state index contributed by atoms with van der Waals surface area (Å²) in [5.41, 5.74) is 5.60. The van der Waals surface area contributed by atoms with Gasteiger partial charge < -0.3 is 11.1 Å². The molecule has 12 heavy (non-hydrogen) atoms. The Morgan fingerprint density at radius 2 is 2.25 bits per heavy atom. The molecule has 1 saturated carbocycles. The van der Waals surface area contributed by atoms with Crippen molar-refractivity contribution in [3.63, 3.8) is 0 Å². The van der Waals surface area contributed by atoms with Gasteiger partial charge in [-0.1, -0.05) is 20.3 Å². The average molecular weight is 170 g/mol. The highest BCUT2D eigenvalue weighted by molar-refractivity contribution is 4.84. The zero-order chi connectivity index (χ0) is 8.97. The van der Waals surface area contributed by atoms with Crippen LogP contribution in [0.2, 0.25) is 0 Å². The van der Waals surface area contributed by atoms with Gasteiger partial charge in [-0.3, -0.25) is 0 Å². The van der Waals surface area contributed by atoms with Crippen molar-refractivity contribution in [2.45, 2.75) is 26.7 Å². The first kappa shape index (κ1) is 10.0. The summed E-state index contributed by atoms with van der Waals surface area (Å²) in [5.74, 6) is 2.61. The van der Waals surface area contributed by atoms with Crippen LogP contribution in [-0.4, -0.2) is 19.6 Å². The molecule has 3 atom stereocenters. The van der Waals surface area contributed by atoms with Gasteiger partial charge in [0.05, 0.1) is 0 Å². The first-order valence-electron chi connectivity index (χ1n) is 5.18. The lowest BCUT2D eigenvalue weighted by Crippen LogP contribution is -2.29. The third-order valence-corrected chi connectivity index (χ3v) is 3.03. The van der Waals surface area contributed by atoms with E-state index >= 15 is 0 Å². The summed E-state index contributed by atoms with van der Waals surface area (Å²) >= 11 is 0. The van der Waals surface area contributed by atoms with E-state index in [-0.39, 0.29) is 0 Å². The fraction of sp³-hybridized carbons (Fsp3) is 1.00. The molecule has 0 aromatic rings. The van der Waals surface area contributed by atoms with Crippen molar-refractivity contribution in [3.8, 4) is 0 Å². The SMILES string of the molecule is CCC(CN)CNCC1CC1C. The van der Waals surface area contributed by atoms with Crippen molar-refractivity contribution in [1.82, 2.24) is 5.32 Å². The maximum Gasteiger partial charge on any atom is -0.000844 e. The van der Waals surface area contributed by atoms with Crippen molar-refractivity contribution in [2.24, 2.45) is 23.5 Å². The van der Waals surface area contributed by atoms with Crippen molar-refractivity contribution < 1.29 is 0 Å². The summed E-state index contributed by atoms with van der Waals surface area (Å²) < 4.78 is 0. The molecule has 72 valence electrons. The lowest BCUT2D eigenvalue weighted by molar-refractivity contribution is 0.461. The Morgan fingerprint density at radius 1 is 1.58 bits per heavy atom. The topological polar surface area (TPSA) is 38.0 Å². The van der Waals surface area contributed by atoms with E-state index in [1.165, 1.54) is 19.4 Å². The Morgan fingerprint density at radius 3 is 2.67 bits per heavy atom. The molecule has 1 aliphatic carbocycles. The van der Waals surface area contributed by atoms with Crippen molar-refractivity contribution in [1.29, 1.82) is 0 Å². The molecule has 2 nitrogen and oxygen atoms in total. The number of hydrogen-bond donors (Lipinski definition) is 2. The Kier molecular flexibility index (Phi) is 4.02. The van der Waals surface area contributed by atoms with Crippen LogP contribution in [0.4, 0.5) is 0 Å². The first-order chi connectivity index (χ1) is 5.77. The van der Waals surface area contributed by atoms with Crippen LogP contribution >= 0.6 is 0 Å². The normalized spacial score (nSPS) is 30.2. The largest absolute Gasteiger partial charge is 0.330 e. The molecule has 1 aliphatic rings. The number of hydrogen-bond acceptors (Lipinski definition) is 2. The second-order valence-corrected chi connectivity index (χ2v) is 4.14. The minimum Gasteiger partial charge on any atom is -0.330 e. The zero-order valence-corrected chi connectivity index (χ0v) is 8.34. The van der Waals surface area contributed by atoms with Gasteiger partial charge in [-0.2, -0.15) is 0 Å². The third-order valence-electron chi connectivity index (χ3n) is 3.03. The van der Waals surface area contributed by atoms with Gasteiger partial charge in [-0.05, 0) is 43.8 Å². The molecule has 0 spiro atoms. The lowest BCUT2D eigenvalue weighted by Gasteiger charge is -2.12. The highest BCUT2D eigenvalue weighted by Crippen LogP contribution is 2.36. The minimum atomic E-state index is 0.680. The van der Waals surface area contributed by atoms with E-state index in [2.05, 4.69) is 19.2 Å². The van der Waals surface area contributed by atoms with Crippen molar-refractivity contribution in [2.75, 3.05) is 19.6 Å². The molecule has 0 aromatic heterocycles. The molecule has 1 fully saturated rings. The van der Waals surface area contributed by atoms with Crippen LogP contribution in [0, 0.1) is 17.8 Å². The average Bonchev–Trinajstić information content (AvgIpc) is 2.76. The van der Waals surface area contributed by atoms with Gasteiger partial charge in [0, 0.05) is 0 Å². The summed E-state index contributed by atoms with van der Waals surface area (Å²) in [6.45, 7) is 7.67. The van der Waals surface area contributed by atoms with E-state index in [1.54, 1.807) is 0 Å². The molecule has 0 radical (unpaired) electrons. The van der Waals surface area contributed by atoms with Gasteiger partial charge in [-0.15, -0.1) is 0 Å². The minimum absolute atomic E-state index is 0.680. The Hall–Kier alpha value is -0.0800. The monoisotopic (exact) mass is 170 g/mol. The zero-order valence-electron chi connectivity index (χ0n) is 8.34. The second kappa shape index (κ2) is 4.83. The van der Waals surface area contributed by atoms with E-state index in [0.29, 0.717) is 5.92 Å². The third kappa shape index (κ3) is 3.11. The first-order valence-corrected chi connectivity index (χ1v) is 5.18. The maximum absolute atomic E-state index is 5.60. The predicted molar refractivity (Wildman–Crippen MR) is 53.0 cm³/mol. The van der Waals surface area contributed by atoms with Crippen LogP contribution in [0.15, 0.2) is 0 Å². The van der Waals surface area contributed by atoms with Crippen molar-refractivity contribution >= 4 is 0 Å². The molecule has 2 heteroatoms. The van der Waals surface area contributed by atoms with Crippen LogP contribution in [0.5, 0.6) is 0 Å². The molecule has 0 bridgehead atoms. The summed E-state index contributed by atoms with van der Waals surface area (Å²) in [5, 5.41) is 3.50. The number of rotatable bonds is 6. The van der Waals surface area contributed by atoms with Crippen molar-refractivity contribution in [3.05, 3.63) is 0 Å². The molecular weight excluding hydrogens is 148 g/mol. The molecular formula is C10H22N2. The summed E-state index contributed by atoms with van der Waals surface area (Å²) in [4.78, 5) is 0. The van der Waals surface area contributed by atoms with Crippen LogP contribution in [0.1, 0.15) is 26.7 Å². The van der Waals surface area contributed by atoms with Gasteiger partial charge in [0.15, 0.2) is 0 Å². The van der Waals surface area contributed by atoms with Gasteiger partial charge in [0.25, 0.3) is 0 Å². The quantitative estimate of drug-likeness (QED) is 0.629. The summed E-state index contributed by atoms with van der Waals surface area (Å²) in [6.07, 6.45) is 2.62. The molecule has 3 N–H and O–H groups in total. The summed E-state index contributed by atoms with van der Waals surface area (Å²) in [7, 11) is 0. The Bertz CT molecular complexity index is 121. The van der Waals surface area contributed by atoms with E-state index < -0.39 is 0 Å². The Labute approximate surface area is 75.9 Å².